The lowest BCUT2D eigenvalue weighted by molar-refractivity contribution is -0.117. The van der Waals surface area contributed by atoms with Crippen LogP contribution in [0.25, 0.3) is 0 Å². The van der Waals surface area contributed by atoms with Gasteiger partial charge in [0.2, 0.25) is 15.9 Å². The average Bonchev–Trinajstić information content (AvgIpc) is 2.41. The highest BCUT2D eigenvalue weighted by Gasteiger charge is 2.16. The third-order valence-corrected chi connectivity index (χ3v) is 4.36. The molecule has 1 saturated heterocycles. The molecular formula is C12H19Cl3N4O3S. The number of hydrogen-bond donors (Lipinski definition) is 3. The van der Waals surface area contributed by atoms with E-state index in [2.05, 4.69) is 10.6 Å². The van der Waals surface area contributed by atoms with Crippen LogP contribution in [0.4, 0.5) is 5.69 Å². The zero-order valence-electron chi connectivity index (χ0n) is 12.1. The summed E-state index contributed by atoms with van der Waals surface area (Å²) in [6.45, 7) is 3.50. The number of sulfonamides is 1. The number of piperazine rings is 1. The molecule has 0 unspecified atom stereocenters. The Bertz CT molecular complexity index is 636. The second-order valence-electron chi connectivity index (χ2n) is 4.76. The predicted octanol–water partition coefficient (Wildman–Crippen LogP) is 0.675. The number of carbonyl (C=O) groups is 1. The Labute approximate surface area is 152 Å². The fourth-order valence-electron chi connectivity index (χ4n) is 2.04. The Hall–Kier alpha value is -0.610. The lowest BCUT2D eigenvalue weighted by Crippen LogP contribution is -2.46. The summed E-state index contributed by atoms with van der Waals surface area (Å²) >= 11 is 5.96. The van der Waals surface area contributed by atoms with Crippen LogP contribution >= 0.6 is 36.4 Å². The Kier molecular flexibility index (Phi) is 9.37. The minimum atomic E-state index is -3.83. The van der Waals surface area contributed by atoms with E-state index < -0.39 is 10.0 Å². The maximum Gasteiger partial charge on any atom is 0.238 e. The first-order valence-electron chi connectivity index (χ1n) is 6.41. The number of amides is 1. The molecule has 0 aliphatic carbocycles. The summed E-state index contributed by atoms with van der Waals surface area (Å²) in [5, 5.41) is 11.1. The summed E-state index contributed by atoms with van der Waals surface area (Å²) in [5.41, 5.74) is 0.239. The van der Waals surface area contributed by atoms with Crippen molar-refractivity contribution < 1.29 is 13.2 Å². The van der Waals surface area contributed by atoms with Gasteiger partial charge < -0.3 is 10.6 Å². The van der Waals surface area contributed by atoms with Gasteiger partial charge in [-0.2, -0.15) is 0 Å². The van der Waals surface area contributed by atoms with Gasteiger partial charge in [-0.1, -0.05) is 11.6 Å². The van der Waals surface area contributed by atoms with Gasteiger partial charge in [-0.3, -0.25) is 9.69 Å². The number of nitrogens with two attached hydrogens (primary N) is 1. The van der Waals surface area contributed by atoms with Crippen LogP contribution in [0.2, 0.25) is 5.02 Å². The summed E-state index contributed by atoms with van der Waals surface area (Å²) in [4.78, 5) is 13.9. The van der Waals surface area contributed by atoms with E-state index in [1.807, 2.05) is 4.90 Å². The molecule has 1 fully saturated rings. The molecule has 132 valence electrons. The topological polar surface area (TPSA) is 105 Å². The molecule has 1 aromatic rings. The van der Waals surface area contributed by atoms with Crippen LogP contribution in [0.15, 0.2) is 23.1 Å². The minimum absolute atomic E-state index is 0. The van der Waals surface area contributed by atoms with Crippen LogP contribution < -0.4 is 15.8 Å². The number of anilines is 1. The van der Waals surface area contributed by atoms with Crippen molar-refractivity contribution in [1.82, 2.24) is 10.2 Å². The molecule has 2 rings (SSSR count). The second-order valence-corrected chi connectivity index (χ2v) is 6.73. The van der Waals surface area contributed by atoms with Gasteiger partial charge in [0.1, 0.15) is 0 Å². The van der Waals surface area contributed by atoms with Crippen molar-refractivity contribution in [2.75, 3.05) is 38.0 Å². The molecule has 23 heavy (non-hydrogen) atoms. The molecule has 1 aromatic carbocycles. The van der Waals surface area contributed by atoms with E-state index in [0.717, 1.165) is 26.2 Å². The summed E-state index contributed by atoms with van der Waals surface area (Å²) in [6, 6.07) is 3.94. The molecule has 0 spiro atoms. The standard InChI is InChI=1S/C12H17ClN4O3S.2ClH/c13-10-2-1-9(21(14,19)20)7-11(10)16-12(18)8-17-5-3-15-4-6-17;;/h1-2,7,15H,3-6,8H2,(H,16,18)(H2,14,19,20);2*1H. The lowest BCUT2D eigenvalue weighted by Gasteiger charge is -2.26. The molecule has 1 amide bonds. The van der Waals surface area contributed by atoms with Crippen LogP contribution in [0.3, 0.4) is 0 Å². The van der Waals surface area contributed by atoms with E-state index in [0.29, 0.717) is 0 Å². The molecular weight excluding hydrogens is 387 g/mol. The van der Waals surface area contributed by atoms with Crippen molar-refractivity contribution in [3.05, 3.63) is 23.2 Å². The van der Waals surface area contributed by atoms with E-state index in [9.17, 15) is 13.2 Å². The minimum Gasteiger partial charge on any atom is -0.324 e. The van der Waals surface area contributed by atoms with E-state index in [4.69, 9.17) is 16.7 Å². The molecule has 7 nitrogen and oxygen atoms in total. The molecule has 0 bridgehead atoms. The highest BCUT2D eigenvalue weighted by atomic mass is 35.5. The zero-order valence-corrected chi connectivity index (χ0v) is 15.3. The summed E-state index contributed by atoms with van der Waals surface area (Å²) < 4.78 is 22.6. The van der Waals surface area contributed by atoms with E-state index in [1.165, 1.54) is 18.2 Å². The molecule has 1 aliphatic rings. The Balaban J connectivity index is 0.00000242. The van der Waals surface area contributed by atoms with E-state index in [-0.39, 0.29) is 52.9 Å². The number of rotatable bonds is 4. The van der Waals surface area contributed by atoms with Gasteiger partial charge >= 0.3 is 0 Å². The molecule has 1 aliphatic heterocycles. The smallest absolute Gasteiger partial charge is 0.238 e. The lowest BCUT2D eigenvalue weighted by atomic mass is 10.3. The molecule has 0 radical (unpaired) electrons. The number of hydrogen-bond acceptors (Lipinski definition) is 5. The van der Waals surface area contributed by atoms with E-state index in [1.54, 1.807) is 0 Å². The molecule has 0 saturated carbocycles. The zero-order chi connectivity index (χ0) is 15.5. The third-order valence-electron chi connectivity index (χ3n) is 3.12. The number of benzene rings is 1. The quantitative estimate of drug-likeness (QED) is 0.683. The Morgan fingerprint density at radius 1 is 1.30 bits per heavy atom. The fourth-order valence-corrected chi connectivity index (χ4v) is 2.74. The molecule has 0 atom stereocenters. The number of nitrogens with zero attached hydrogens (tertiary/aromatic N) is 1. The summed E-state index contributed by atoms with van der Waals surface area (Å²) in [6.07, 6.45) is 0. The van der Waals surface area contributed by atoms with Crippen molar-refractivity contribution in [1.29, 1.82) is 0 Å². The second kappa shape index (κ2) is 9.63. The van der Waals surface area contributed by atoms with Crippen molar-refractivity contribution >= 4 is 58.0 Å². The molecule has 0 aromatic heterocycles. The fraction of sp³-hybridized carbons (Fsp3) is 0.417. The SMILES string of the molecule is Cl.Cl.NS(=O)(=O)c1ccc(Cl)c(NC(=O)CN2CCNCC2)c1. The van der Waals surface area contributed by atoms with Crippen molar-refractivity contribution in [3.8, 4) is 0 Å². The van der Waals surface area contributed by atoms with Gasteiger partial charge in [-0.15, -0.1) is 24.8 Å². The summed E-state index contributed by atoms with van der Waals surface area (Å²) in [5.74, 6) is -0.245. The van der Waals surface area contributed by atoms with Gasteiger partial charge in [0.15, 0.2) is 0 Å². The first-order chi connectivity index (χ1) is 9.86. The highest BCUT2D eigenvalue weighted by Crippen LogP contribution is 2.24. The first kappa shape index (κ1) is 22.4. The van der Waals surface area contributed by atoms with Crippen molar-refractivity contribution in [2.24, 2.45) is 5.14 Å². The van der Waals surface area contributed by atoms with Gasteiger partial charge in [0.25, 0.3) is 0 Å². The molecule has 1 heterocycles. The normalized spacial score (nSPS) is 15.2. The van der Waals surface area contributed by atoms with Crippen molar-refractivity contribution in [3.63, 3.8) is 0 Å². The number of halogens is 3. The predicted molar refractivity (Wildman–Crippen MR) is 95.3 cm³/mol. The van der Waals surface area contributed by atoms with Crippen LogP contribution in [0.1, 0.15) is 0 Å². The van der Waals surface area contributed by atoms with Crippen molar-refractivity contribution in [2.45, 2.75) is 4.90 Å². The maximum absolute atomic E-state index is 12.0. The number of primary sulfonamides is 1. The third kappa shape index (κ3) is 6.80. The number of nitrogens with one attached hydrogen (secondary N) is 2. The Morgan fingerprint density at radius 3 is 2.48 bits per heavy atom. The van der Waals surface area contributed by atoms with Crippen LogP contribution in [-0.4, -0.2) is 51.9 Å². The largest absolute Gasteiger partial charge is 0.324 e. The highest BCUT2D eigenvalue weighted by molar-refractivity contribution is 7.89. The van der Waals surface area contributed by atoms with Gasteiger partial charge in [0.05, 0.1) is 22.2 Å². The van der Waals surface area contributed by atoms with Gasteiger partial charge in [-0.25, -0.2) is 13.6 Å². The van der Waals surface area contributed by atoms with E-state index >= 15 is 0 Å². The summed E-state index contributed by atoms with van der Waals surface area (Å²) in [7, 11) is -3.83. The monoisotopic (exact) mass is 404 g/mol. The van der Waals surface area contributed by atoms with Crippen LogP contribution in [-0.2, 0) is 14.8 Å². The molecule has 4 N–H and O–H groups in total. The first-order valence-corrected chi connectivity index (χ1v) is 8.34. The maximum atomic E-state index is 12.0. The van der Waals surface area contributed by atoms with Crippen LogP contribution in [0.5, 0.6) is 0 Å². The van der Waals surface area contributed by atoms with Gasteiger partial charge in [0, 0.05) is 26.2 Å². The average molecular weight is 406 g/mol. The van der Waals surface area contributed by atoms with Crippen LogP contribution in [0, 0.1) is 0 Å². The number of carbonyl (C=O) groups excluding carboxylic acids is 1. The Morgan fingerprint density at radius 2 is 1.91 bits per heavy atom. The molecule has 11 heteroatoms. The van der Waals surface area contributed by atoms with Gasteiger partial charge in [-0.05, 0) is 18.2 Å².